The number of hydrogen-bond acceptors (Lipinski definition) is 7. The smallest absolute Gasteiger partial charge is 0.265 e. The lowest BCUT2D eigenvalue weighted by Gasteiger charge is -2.17. The van der Waals surface area contributed by atoms with Gasteiger partial charge in [0.2, 0.25) is 0 Å². The van der Waals surface area contributed by atoms with Crippen LogP contribution in [0.5, 0.6) is 5.75 Å². The Morgan fingerprint density at radius 3 is 2.77 bits per heavy atom. The number of carbonyl (C=O) groups excluding carboxylic acids is 3. The van der Waals surface area contributed by atoms with E-state index in [4.69, 9.17) is 16.3 Å². The summed E-state index contributed by atoms with van der Waals surface area (Å²) in [5.41, 5.74) is 1.46. The molecule has 10 heteroatoms. The van der Waals surface area contributed by atoms with Crippen molar-refractivity contribution >= 4 is 52.2 Å². The van der Waals surface area contributed by atoms with Crippen LogP contribution in [0.25, 0.3) is 0 Å². The van der Waals surface area contributed by atoms with Crippen molar-refractivity contribution < 1.29 is 19.1 Å². The number of carbonyl (C=O) groups is 3. The standard InChI is InChI=1S/C25H21ClN4O4S/c1-14(22-27-10-11-28-22)34-16-5-2-4-15(12-16)13-30-24(32)17-6-3-7-18(21(17)25(30)33)29-23(31)19-8-9-20(26)35-19/h2-9,12,14H,10-11,13H2,1H3,(H,27,28)(H,29,31). The van der Waals surface area contributed by atoms with E-state index in [1.165, 1.54) is 4.90 Å². The average molecular weight is 509 g/mol. The second-order valence-electron chi connectivity index (χ2n) is 8.08. The van der Waals surface area contributed by atoms with Crippen molar-refractivity contribution in [1.82, 2.24) is 10.2 Å². The summed E-state index contributed by atoms with van der Waals surface area (Å²) in [6, 6.07) is 15.3. The van der Waals surface area contributed by atoms with E-state index in [2.05, 4.69) is 15.6 Å². The van der Waals surface area contributed by atoms with Crippen molar-refractivity contribution in [2.75, 3.05) is 18.4 Å². The molecule has 2 aliphatic heterocycles. The Morgan fingerprint density at radius 1 is 1.20 bits per heavy atom. The summed E-state index contributed by atoms with van der Waals surface area (Å²) in [6.45, 7) is 3.51. The fourth-order valence-corrected chi connectivity index (χ4v) is 4.99. The van der Waals surface area contributed by atoms with E-state index in [9.17, 15) is 14.4 Å². The zero-order valence-corrected chi connectivity index (χ0v) is 20.3. The molecule has 2 aromatic carbocycles. The van der Waals surface area contributed by atoms with Crippen molar-refractivity contribution in [2.45, 2.75) is 19.6 Å². The molecule has 178 valence electrons. The monoisotopic (exact) mass is 508 g/mol. The number of amidine groups is 1. The lowest BCUT2D eigenvalue weighted by Crippen LogP contribution is -2.33. The molecule has 5 rings (SSSR count). The first-order valence-electron chi connectivity index (χ1n) is 11.0. The SMILES string of the molecule is CC(Oc1cccc(CN2C(=O)c3cccc(NC(=O)c4ccc(Cl)s4)c3C2=O)c1)C1=NCCN1. The minimum atomic E-state index is -0.464. The number of ether oxygens (including phenoxy) is 1. The zero-order valence-electron chi connectivity index (χ0n) is 18.7. The van der Waals surface area contributed by atoms with Crippen molar-refractivity contribution in [3.05, 3.63) is 80.5 Å². The first kappa shape index (κ1) is 23.1. The molecule has 1 unspecified atom stereocenters. The molecule has 3 aromatic rings. The van der Waals surface area contributed by atoms with Crippen LogP contribution in [0.15, 0.2) is 59.6 Å². The Morgan fingerprint density at radius 2 is 2.03 bits per heavy atom. The zero-order chi connectivity index (χ0) is 24.5. The number of hydrogen-bond donors (Lipinski definition) is 2. The van der Waals surface area contributed by atoms with Gasteiger partial charge in [0, 0.05) is 6.54 Å². The number of thiophene rings is 1. The Balaban J connectivity index is 1.33. The van der Waals surface area contributed by atoms with Gasteiger partial charge in [-0.2, -0.15) is 0 Å². The van der Waals surface area contributed by atoms with Gasteiger partial charge in [0.1, 0.15) is 11.6 Å². The van der Waals surface area contributed by atoms with E-state index in [-0.39, 0.29) is 29.5 Å². The normalized spacial score (nSPS) is 15.5. The van der Waals surface area contributed by atoms with Gasteiger partial charge in [0.25, 0.3) is 17.7 Å². The molecule has 1 atom stereocenters. The number of nitrogens with zero attached hydrogens (tertiary/aromatic N) is 2. The molecule has 0 fully saturated rings. The van der Waals surface area contributed by atoms with Crippen LogP contribution in [0.3, 0.4) is 0 Å². The minimum absolute atomic E-state index is 0.0744. The summed E-state index contributed by atoms with van der Waals surface area (Å²) in [5, 5.41) is 5.93. The van der Waals surface area contributed by atoms with Crippen LogP contribution in [0.2, 0.25) is 4.34 Å². The van der Waals surface area contributed by atoms with Gasteiger partial charge in [0.15, 0.2) is 6.10 Å². The van der Waals surface area contributed by atoms with Crippen molar-refractivity contribution in [3.63, 3.8) is 0 Å². The lowest BCUT2D eigenvalue weighted by atomic mass is 10.1. The molecule has 2 aliphatic rings. The number of benzene rings is 2. The summed E-state index contributed by atoms with van der Waals surface area (Å²) in [5.74, 6) is 0.147. The van der Waals surface area contributed by atoms with Crippen LogP contribution in [-0.4, -0.2) is 47.7 Å². The summed E-state index contributed by atoms with van der Waals surface area (Å²) < 4.78 is 6.47. The second kappa shape index (κ2) is 9.52. The fraction of sp³-hybridized carbons (Fsp3) is 0.200. The largest absolute Gasteiger partial charge is 0.483 e. The molecule has 0 spiro atoms. The van der Waals surface area contributed by atoms with Crippen LogP contribution in [0.1, 0.15) is 42.9 Å². The second-order valence-corrected chi connectivity index (χ2v) is 9.80. The predicted molar refractivity (Wildman–Crippen MR) is 135 cm³/mol. The van der Waals surface area contributed by atoms with Crippen LogP contribution in [0.4, 0.5) is 5.69 Å². The number of anilines is 1. The first-order chi connectivity index (χ1) is 16.9. The van der Waals surface area contributed by atoms with Crippen molar-refractivity contribution in [2.24, 2.45) is 4.99 Å². The summed E-state index contributed by atoms with van der Waals surface area (Å²) in [6.07, 6.45) is -0.239. The highest BCUT2D eigenvalue weighted by molar-refractivity contribution is 7.18. The van der Waals surface area contributed by atoms with Gasteiger partial charge in [-0.05, 0) is 48.9 Å². The van der Waals surface area contributed by atoms with Gasteiger partial charge in [-0.15, -0.1) is 11.3 Å². The number of imide groups is 1. The molecular weight excluding hydrogens is 488 g/mol. The number of aliphatic imine (C=N–C) groups is 1. The quantitative estimate of drug-likeness (QED) is 0.465. The molecule has 2 N–H and O–H groups in total. The fourth-order valence-electron chi connectivity index (χ4n) is 4.05. The molecule has 3 amide bonds. The van der Waals surface area contributed by atoms with Crippen LogP contribution >= 0.6 is 22.9 Å². The maximum Gasteiger partial charge on any atom is 0.265 e. The highest BCUT2D eigenvalue weighted by Gasteiger charge is 2.38. The van der Waals surface area contributed by atoms with E-state index >= 15 is 0 Å². The molecule has 0 radical (unpaired) electrons. The van der Waals surface area contributed by atoms with Crippen LogP contribution in [0, 0.1) is 0 Å². The number of halogens is 1. The molecule has 0 bridgehead atoms. The van der Waals surface area contributed by atoms with Gasteiger partial charge in [-0.3, -0.25) is 24.3 Å². The van der Waals surface area contributed by atoms with Crippen LogP contribution in [-0.2, 0) is 6.54 Å². The average Bonchev–Trinajstić information content (AvgIpc) is 3.58. The maximum atomic E-state index is 13.3. The minimum Gasteiger partial charge on any atom is -0.483 e. The maximum absolute atomic E-state index is 13.3. The summed E-state index contributed by atoms with van der Waals surface area (Å²) >= 11 is 7.06. The van der Waals surface area contributed by atoms with Gasteiger partial charge in [0.05, 0.1) is 39.1 Å². The van der Waals surface area contributed by atoms with Crippen molar-refractivity contribution in [1.29, 1.82) is 0 Å². The predicted octanol–water partition coefficient (Wildman–Crippen LogP) is 4.22. The Kier molecular flexibility index (Phi) is 6.27. The molecule has 0 saturated carbocycles. The van der Waals surface area contributed by atoms with Gasteiger partial charge < -0.3 is 15.4 Å². The van der Waals surface area contributed by atoms with Gasteiger partial charge in [-0.1, -0.05) is 29.8 Å². The number of amides is 3. The topological polar surface area (TPSA) is 100 Å². The Bertz CT molecular complexity index is 1370. The highest BCUT2D eigenvalue weighted by atomic mass is 35.5. The van der Waals surface area contributed by atoms with E-state index in [0.29, 0.717) is 15.0 Å². The van der Waals surface area contributed by atoms with Crippen LogP contribution < -0.4 is 15.4 Å². The van der Waals surface area contributed by atoms with E-state index < -0.39 is 17.7 Å². The third-order valence-corrected chi connectivity index (χ3v) is 6.91. The molecule has 8 nitrogen and oxygen atoms in total. The molecular formula is C25H21ClN4O4S. The van der Waals surface area contributed by atoms with Crippen molar-refractivity contribution in [3.8, 4) is 5.75 Å². The molecule has 3 heterocycles. The number of rotatable bonds is 7. The third-order valence-electron chi connectivity index (χ3n) is 5.68. The van der Waals surface area contributed by atoms with E-state index in [1.807, 2.05) is 25.1 Å². The van der Waals surface area contributed by atoms with E-state index in [0.717, 1.165) is 35.8 Å². The third kappa shape index (κ3) is 4.65. The van der Waals surface area contributed by atoms with Gasteiger partial charge >= 0.3 is 0 Å². The Labute approximate surface area is 210 Å². The van der Waals surface area contributed by atoms with Gasteiger partial charge in [-0.25, -0.2) is 0 Å². The molecule has 0 aliphatic carbocycles. The number of fused-ring (bicyclic) bond motifs is 1. The Hall–Kier alpha value is -3.69. The summed E-state index contributed by atoms with van der Waals surface area (Å²) in [4.78, 5) is 44.9. The number of nitrogens with one attached hydrogen (secondary N) is 2. The first-order valence-corrected chi connectivity index (χ1v) is 12.2. The highest BCUT2D eigenvalue weighted by Crippen LogP contribution is 2.32. The molecule has 0 saturated heterocycles. The lowest BCUT2D eigenvalue weighted by molar-refractivity contribution is 0.0642. The molecule has 35 heavy (non-hydrogen) atoms. The van der Waals surface area contributed by atoms with E-state index in [1.54, 1.807) is 36.4 Å². The molecule has 1 aromatic heterocycles. The summed E-state index contributed by atoms with van der Waals surface area (Å²) in [7, 11) is 0.